The lowest BCUT2D eigenvalue weighted by molar-refractivity contribution is -0.00832. The van der Waals surface area contributed by atoms with Gasteiger partial charge in [-0.25, -0.2) is 16.8 Å². The first-order valence-corrected chi connectivity index (χ1v) is 17.8. The molecular formula is C27H41N3O8S3. The van der Waals surface area contributed by atoms with E-state index in [0.717, 1.165) is 30.4 Å². The van der Waals surface area contributed by atoms with Crippen LogP contribution in [-0.4, -0.2) is 94.9 Å². The average molecular weight is 632 g/mol. The van der Waals surface area contributed by atoms with Crippen molar-refractivity contribution in [3.05, 3.63) is 41.3 Å². The van der Waals surface area contributed by atoms with Crippen molar-refractivity contribution < 1.29 is 36.2 Å². The third-order valence-corrected chi connectivity index (χ3v) is 10.8. The van der Waals surface area contributed by atoms with Crippen molar-refractivity contribution in [2.75, 3.05) is 44.3 Å². The summed E-state index contributed by atoms with van der Waals surface area (Å²) in [6, 6.07) is 7.21. The minimum absolute atomic E-state index is 0.0788. The van der Waals surface area contributed by atoms with Crippen molar-refractivity contribution in [1.82, 2.24) is 9.21 Å². The number of anilines is 1. The molecular weight excluding hydrogens is 591 g/mol. The zero-order valence-corrected chi connectivity index (χ0v) is 26.6. The Morgan fingerprint density at radius 2 is 1.93 bits per heavy atom. The molecule has 0 spiro atoms. The van der Waals surface area contributed by atoms with Crippen LogP contribution in [0.5, 0.6) is 5.75 Å². The standard InChI is InChI=1S/C27H41N3O8S3/c1-19-16-30(20(2)18-31)27(32)23-15-22(28-40(5,33)34)11-12-24(23)38-21(3)9-6-7-13-37-25(19)17-29(4)41(35,36)26-10-8-14-39-26/h8,10-12,14-15,19-21,25,28,31H,6-7,9,13,16-18H2,1-5H3/t19-,20+,21+,25+/m0/s1. The molecule has 1 aromatic carbocycles. The van der Waals surface area contributed by atoms with Gasteiger partial charge in [-0.2, -0.15) is 4.31 Å². The van der Waals surface area contributed by atoms with Gasteiger partial charge in [-0.3, -0.25) is 9.52 Å². The van der Waals surface area contributed by atoms with Gasteiger partial charge in [0.25, 0.3) is 15.9 Å². The number of amides is 1. The number of likely N-dealkylation sites (N-methyl/N-ethyl adjacent to an activating group) is 1. The molecule has 0 radical (unpaired) electrons. The van der Waals surface area contributed by atoms with Crippen LogP contribution in [0.25, 0.3) is 0 Å². The Bertz CT molecular complexity index is 1370. The maximum Gasteiger partial charge on any atom is 0.258 e. The van der Waals surface area contributed by atoms with Gasteiger partial charge in [0.05, 0.1) is 36.7 Å². The Kier molecular flexibility index (Phi) is 11.6. The number of nitrogens with zero attached hydrogens (tertiary/aromatic N) is 2. The third kappa shape index (κ3) is 9.13. The fraction of sp³-hybridized carbons (Fsp3) is 0.593. The maximum absolute atomic E-state index is 14.0. The van der Waals surface area contributed by atoms with Crippen LogP contribution >= 0.6 is 11.3 Å². The molecule has 0 saturated carbocycles. The number of ether oxygens (including phenoxy) is 2. The highest BCUT2D eigenvalue weighted by molar-refractivity contribution is 7.92. The lowest BCUT2D eigenvalue weighted by atomic mass is 10.0. The first kappa shape index (κ1) is 33.3. The van der Waals surface area contributed by atoms with E-state index in [9.17, 15) is 26.7 Å². The molecule has 2 heterocycles. The quantitative estimate of drug-likeness (QED) is 0.452. The van der Waals surface area contributed by atoms with Crippen LogP contribution in [0.15, 0.2) is 39.9 Å². The number of aliphatic hydroxyl groups is 1. The topological polar surface area (TPSA) is 143 Å². The van der Waals surface area contributed by atoms with Crippen molar-refractivity contribution in [3.63, 3.8) is 0 Å². The number of thiophene rings is 1. The SMILES string of the molecule is C[C@@H]1CCCCO[C@H](CN(C)S(=O)(=O)c2cccs2)[C@@H](C)CN([C@H](C)CO)C(=O)c2cc(NS(C)(=O)=O)ccc2O1. The highest BCUT2D eigenvalue weighted by Gasteiger charge is 2.32. The zero-order chi connectivity index (χ0) is 30.4. The number of rotatable bonds is 8. The van der Waals surface area contributed by atoms with Gasteiger partial charge >= 0.3 is 0 Å². The molecule has 3 rings (SSSR count). The van der Waals surface area contributed by atoms with E-state index in [1.807, 2.05) is 13.8 Å². The molecule has 0 bridgehead atoms. The number of carbonyl (C=O) groups is 1. The summed E-state index contributed by atoms with van der Waals surface area (Å²) in [5, 5.41) is 11.8. The van der Waals surface area contributed by atoms with E-state index in [4.69, 9.17) is 9.47 Å². The van der Waals surface area contributed by atoms with Crippen molar-refractivity contribution in [2.45, 2.75) is 62.5 Å². The summed E-state index contributed by atoms with van der Waals surface area (Å²) < 4.78 is 66.3. The van der Waals surface area contributed by atoms with Crippen molar-refractivity contribution in [1.29, 1.82) is 0 Å². The highest BCUT2D eigenvalue weighted by atomic mass is 32.2. The fourth-order valence-electron chi connectivity index (χ4n) is 4.58. The van der Waals surface area contributed by atoms with Gasteiger partial charge in [0, 0.05) is 38.3 Å². The number of hydrogen-bond acceptors (Lipinski definition) is 9. The average Bonchev–Trinajstić information content (AvgIpc) is 3.45. The van der Waals surface area contributed by atoms with E-state index < -0.39 is 38.1 Å². The number of carbonyl (C=O) groups excluding carboxylic acids is 1. The first-order chi connectivity index (χ1) is 19.2. The van der Waals surface area contributed by atoms with Crippen LogP contribution in [0, 0.1) is 5.92 Å². The minimum Gasteiger partial charge on any atom is -0.490 e. The largest absolute Gasteiger partial charge is 0.490 e. The van der Waals surface area contributed by atoms with Crippen LogP contribution < -0.4 is 9.46 Å². The smallest absolute Gasteiger partial charge is 0.258 e. The summed E-state index contributed by atoms with van der Waals surface area (Å²) in [5.74, 6) is -0.457. The lowest BCUT2D eigenvalue weighted by Crippen LogP contribution is -2.48. The van der Waals surface area contributed by atoms with E-state index in [1.54, 1.807) is 36.6 Å². The van der Waals surface area contributed by atoms with E-state index >= 15 is 0 Å². The molecule has 14 heteroatoms. The number of sulfonamides is 2. The second-order valence-corrected chi connectivity index (χ2v) is 15.6. The molecule has 1 aliphatic rings. The molecule has 2 aromatic rings. The van der Waals surface area contributed by atoms with Crippen LogP contribution in [-0.2, 0) is 24.8 Å². The number of aliphatic hydroxyl groups excluding tert-OH is 1. The van der Waals surface area contributed by atoms with Crippen LogP contribution in [0.1, 0.15) is 50.4 Å². The molecule has 41 heavy (non-hydrogen) atoms. The number of fused-ring (bicyclic) bond motifs is 1. The molecule has 230 valence electrons. The molecule has 1 aromatic heterocycles. The summed E-state index contributed by atoms with van der Waals surface area (Å²) in [6.45, 7) is 5.81. The molecule has 0 unspecified atom stereocenters. The van der Waals surface area contributed by atoms with Gasteiger partial charge in [-0.05, 0) is 62.8 Å². The van der Waals surface area contributed by atoms with Crippen LogP contribution in [0.4, 0.5) is 5.69 Å². The number of benzene rings is 1. The fourth-order valence-corrected chi connectivity index (χ4v) is 7.52. The predicted octanol–water partition coefficient (Wildman–Crippen LogP) is 3.24. The first-order valence-electron chi connectivity index (χ1n) is 13.5. The van der Waals surface area contributed by atoms with E-state index in [0.29, 0.717) is 18.8 Å². The molecule has 2 N–H and O–H groups in total. The molecule has 4 atom stereocenters. The number of hydrogen-bond donors (Lipinski definition) is 2. The Morgan fingerprint density at radius 3 is 2.56 bits per heavy atom. The van der Waals surface area contributed by atoms with E-state index in [1.165, 1.54) is 22.3 Å². The second kappa shape index (κ2) is 14.3. The van der Waals surface area contributed by atoms with Gasteiger partial charge in [0.15, 0.2) is 0 Å². The highest BCUT2D eigenvalue weighted by Crippen LogP contribution is 2.29. The lowest BCUT2D eigenvalue weighted by Gasteiger charge is -2.35. The summed E-state index contributed by atoms with van der Waals surface area (Å²) >= 11 is 1.14. The molecule has 0 fully saturated rings. The normalized spacial score (nSPS) is 22.5. The Morgan fingerprint density at radius 1 is 1.20 bits per heavy atom. The van der Waals surface area contributed by atoms with Gasteiger partial charge in [-0.1, -0.05) is 13.0 Å². The van der Waals surface area contributed by atoms with Crippen molar-refractivity contribution >= 4 is 43.0 Å². The molecule has 11 nitrogen and oxygen atoms in total. The van der Waals surface area contributed by atoms with E-state index in [-0.39, 0.29) is 47.2 Å². The molecule has 0 aliphatic carbocycles. The van der Waals surface area contributed by atoms with Crippen LogP contribution in [0.3, 0.4) is 0 Å². The molecule has 1 aliphatic heterocycles. The van der Waals surface area contributed by atoms with Gasteiger partial charge < -0.3 is 19.5 Å². The van der Waals surface area contributed by atoms with Gasteiger partial charge in [0.1, 0.15) is 9.96 Å². The second-order valence-electron chi connectivity index (χ2n) is 10.6. The monoisotopic (exact) mass is 631 g/mol. The Balaban J connectivity index is 1.98. The van der Waals surface area contributed by atoms with Crippen molar-refractivity contribution in [3.8, 4) is 5.75 Å². The van der Waals surface area contributed by atoms with Crippen LogP contribution in [0.2, 0.25) is 0 Å². The predicted molar refractivity (Wildman–Crippen MR) is 159 cm³/mol. The van der Waals surface area contributed by atoms with Crippen molar-refractivity contribution in [2.24, 2.45) is 5.92 Å². The molecule has 1 amide bonds. The Hall–Kier alpha value is -2.23. The van der Waals surface area contributed by atoms with Gasteiger partial charge in [0.2, 0.25) is 10.0 Å². The van der Waals surface area contributed by atoms with Gasteiger partial charge in [-0.15, -0.1) is 11.3 Å². The minimum atomic E-state index is -3.71. The Labute approximate surface area is 247 Å². The zero-order valence-electron chi connectivity index (χ0n) is 24.1. The molecule has 0 saturated heterocycles. The summed E-state index contributed by atoms with van der Waals surface area (Å²) in [5.41, 5.74) is 0.369. The summed E-state index contributed by atoms with van der Waals surface area (Å²) in [4.78, 5) is 15.5. The number of nitrogens with one attached hydrogen (secondary N) is 1. The summed E-state index contributed by atoms with van der Waals surface area (Å²) in [7, 11) is -5.79. The maximum atomic E-state index is 14.0. The third-order valence-electron chi connectivity index (χ3n) is 6.95. The summed E-state index contributed by atoms with van der Waals surface area (Å²) in [6.07, 6.45) is 2.46. The van der Waals surface area contributed by atoms with E-state index in [2.05, 4.69) is 4.72 Å².